The lowest BCUT2D eigenvalue weighted by Crippen LogP contribution is -2.66. The smallest absolute Gasteiger partial charge is 0.261 e. The van der Waals surface area contributed by atoms with Crippen LogP contribution in [0.3, 0.4) is 0 Å². The Labute approximate surface area is 316 Å². The molecule has 1 saturated heterocycles. The summed E-state index contributed by atoms with van der Waals surface area (Å²) in [6.45, 7) is 19.1. The highest BCUT2D eigenvalue weighted by atomic mass is 28.4. The molecule has 5 nitrogen and oxygen atoms in total. The van der Waals surface area contributed by atoms with Crippen LogP contribution >= 0.6 is 0 Å². The van der Waals surface area contributed by atoms with Gasteiger partial charge in [-0.2, -0.15) is 0 Å². The second-order valence-corrected chi connectivity index (χ2v) is 27.0. The van der Waals surface area contributed by atoms with Gasteiger partial charge >= 0.3 is 0 Å². The maximum Gasteiger partial charge on any atom is 0.261 e. The van der Waals surface area contributed by atoms with Crippen molar-refractivity contribution in [3.63, 3.8) is 0 Å². The second kappa shape index (κ2) is 15.8. The Hall–Kier alpha value is -2.37. The van der Waals surface area contributed by atoms with E-state index in [4.69, 9.17) is 13.9 Å². The van der Waals surface area contributed by atoms with Crippen LogP contribution in [-0.4, -0.2) is 63.4 Å². The van der Waals surface area contributed by atoms with Gasteiger partial charge in [0.2, 0.25) is 0 Å². The molecular weight excluding hydrogens is 677 g/mol. The van der Waals surface area contributed by atoms with Crippen molar-refractivity contribution < 1.29 is 24.1 Å². The van der Waals surface area contributed by atoms with Crippen molar-refractivity contribution in [3.05, 3.63) is 103 Å². The van der Waals surface area contributed by atoms with E-state index in [-0.39, 0.29) is 29.1 Å². The van der Waals surface area contributed by atoms with Gasteiger partial charge in [0.1, 0.15) is 0 Å². The van der Waals surface area contributed by atoms with Crippen LogP contribution in [0.15, 0.2) is 103 Å². The summed E-state index contributed by atoms with van der Waals surface area (Å²) in [6.07, 6.45) is 6.37. The van der Waals surface area contributed by atoms with Gasteiger partial charge in [0.15, 0.2) is 5.79 Å². The van der Waals surface area contributed by atoms with E-state index >= 15 is 0 Å². The van der Waals surface area contributed by atoms with E-state index in [1.807, 2.05) is 13.8 Å². The molecule has 2 N–H and O–H groups in total. The molecule has 0 aromatic heterocycles. The molecular formula is C45H64O5Si2. The van der Waals surface area contributed by atoms with Gasteiger partial charge in [0.25, 0.3) is 8.32 Å². The van der Waals surface area contributed by atoms with Crippen LogP contribution in [0.2, 0.25) is 23.7 Å². The summed E-state index contributed by atoms with van der Waals surface area (Å²) in [7, 11) is -4.58. The molecule has 282 valence electrons. The topological polar surface area (TPSA) is 68.2 Å². The van der Waals surface area contributed by atoms with Crippen LogP contribution in [0.5, 0.6) is 0 Å². The summed E-state index contributed by atoms with van der Waals surface area (Å²) in [6, 6.07) is 32.7. The second-order valence-electron chi connectivity index (χ2n) is 18.0. The van der Waals surface area contributed by atoms with Gasteiger partial charge in [-0.15, -0.1) is 0 Å². The van der Waals surface area contributed by atoms with E-state index in [0.29, 0.717) is 30.9 Å². The Morgan fingerprint density at radius 3 is 1.81 bits per heavy atom. The molecule has 7 heteroatoms. The monoisotopic (exact) mass is 740 g/mol. The van der Waals surface area contributed by atoms with Gasteiger partial charge in [-0.1, -0.05) is 143 Å². The van der Waals surface area contributed by atoms with E-state index in [1.165, 1.54) is 15.6 Å². The third kappa shape index (κ3) is 8.02. The minimum absolute atomic E-state index is 0.000857. The Morgan fingerprint density at radius 1 is 0.750 bits per heavy atom. The largest absolute Gasteiger partial charge is 0.407 e. The quantitative estimate of drug-likeness (QED) is 0.154. The average molecular weight is 741 g/mol. The Bertz CT molecular complexity index is 1580. The summed E-state index contributed by atoms with van der Waals surface area (Å²) in [5, 5.41) is 26.7. The van der Waals surface area contributed by atoms with Crippen LogP contribution in [0.1, 0.15) is 80.1 Å². The molecule has 0 bridgehead atoms. The normalized spacial score (nSPS) is 29.6. The molecule has 2 aliphatic carbocycles. The fraction of sp³-hybridized carbons (Fsp3) is 0.556. The third-order valence-electron chi connectivity index (χ3n) is 12.8. The minimum Gasteiger partial charge on any atom is -0.407 e. The standard InChI is InChI=1S/C45H64O5Si2/c1-32-38(43-39(40(46)26-27-41(43)47)31-42(32)51(7,8)35-18-12-9-13-19-35)25-24-33-30-34(50-45(5,6)49-33)28-29-48-52(44(2,3)4,36-20-14-10-15-21-36)37-22-16-11-17-23-37/h9-23,31-34,38,40-43,46-47H,24-30H2,1-8H3/t32-,33-,34+,38+,40-,41+,42-,43-/m1/s1. The number of hydrogen-bond donors (Lipinski definition) is 2. The van der Waals surface area contributed by atoms with Gasteiger partial charge < -0.3 is 24.1 Å². The fourth-order valence-corrected chi connectivity index (χ4v) is 18.4. The number of allylic oxidation sites excluding steroid dienone is 1. The SMILES string of the molecule is C[C@@H]1[C@H](CC[C@@H]2C[C@H](CCO[Si](c3ccccc3)(c3ccccc3)C(C)(C)C)OC(C)(C)O2)[C@@H]2C(=C[C@H]1[Si](C)(C)c1ccccc1)[C@H](O)CC[C@@H]2O. The first-order chi connectivity index (χ1) is 24.6. The average Bonchev–Trinajstić information content (AvgIpc) is 3.11. The summed E-state index contributed by atoms with van der Waals surface area (Å²) >= 11 is 0. The minimum atomic E-state index is -2.64. The molecule has 8 atom stereocenters. The highest BCUT2D eigenvalue weighted by molar-refractivity contribution is 6.99. The highest BCUT2D eigenvalue weighted by Crippen LogP contribution is 2.52. The fourth-order valence-electron chi connectivity index (χ4n) is 10.3. The van der Waals surface area contributed by atoms with E-state index in [1.54, 1.807) is 0 Å². The lowest BCUT2D eigenvalue weighted by Gasteiger charge is -2.51. The number of benzene rings is 3. The molecule has 0 radical (unpaired) electrons. The van der Waals surface area contributed by atoms with Crippen molar-refractivity contribution in [3.8, 4) is 0 Å². The Kier molecular flexibility index (Phi) is 11.9. The number of rotatable bonds is 11. The molecule has 3 aromatic rings. The molecule has 2 fully saturated rings. The van der Waals surface area contributed by atoms with Gasteiger partial charge in [0.05, 0.1) is 32.5 Å². The molecule has 1 heterocycles. The van der Waals surface area contributed by atoms with Crippen molar-refractivity contribution in [2.45, 2.75) is 134 Å². The maximum absolute atomic E-state index is 11.5. The zero-order chi connectivity index (χ0) is 37.3. The predicted molar refractivity (Wildman–Crippen MR) is 219 cm³/mol. The molecule has 3 aromatic carbocycles. The molecule has 1 saturated carbocycles. The van der Waals surface area contributed by atoms with Crippen molar-refractivity contribution in [1.29, 1.82) is 0 Å². The van der Waals surface area contributed by atoms with Crippen LogP contribution < -0.4 is 15.6 Å². The summed E-state index contributed by atoms with van der Waals surface area (Å²) in [5.74, 6) is -0.0328. The zero-order valence-corrected chi connectivity index (χ0v) is 34.9. The number of aliphatic hydroxyl groups excluding tert-OH is 2. The Morgan fingerprint density at radius 2 is 1.27 bits per heavy atom. The first kappa shape index (κ1) is 39.3. The molecule has 0 amide bonds. The predicted octanol–water partition coefficient (Wildman–Crippen LogP) is 7.95. The number of hydrogen-bond acceptors (Lipinski definition) is 5. The van der Waals surface area contributed by atoms with E-state index in [2.05, 4.69) is 138 Å². The Balaban J connectivity index is 1.19. The number of aliphatic hydroxyl groups is 2. The van der Waals surface area contributed by atoms with E-state index in [9.17, 15) is 10.2 Å². The van der Waals surface area contributed by atoms with Crippen molar-refractivity contribution in [2.24, 2.45) is 17.8 Å². The summed E-state index contributed by atoms with van der Waals surface area (Å²) < 4.78 is 20.5. The van der Waals surface area contributed by atoms with Gasteiger partial charge in [0, 0.05) is 18.9 Å². The van der Waals surface area contributed by atoms with Crippen molar-refractivity contribution >= 4 is 32.0 Å². The molecule has 6 rings (SSSR count). The van der Waals surface area contributed by atoms with Gasteiger partial charge in [-0.25, -0.2) is 0 Å². The van der Waals surface area contributed by atoms with E-state index < -0.39 is 34.4 Å². The molecule has 0 unspecified atom stereocenters. The summed E-state index contributed by atoms with van der Waals surface area (Å²) in [4.78, 5) is 0. The van der Waals surface area contributed by atoms with Crippen LogP contribution in [0, 0.1) is 17.8 Å². The molecule has 52 heavy (non-hydrogen) atoms. The lowest BCUT2D eigenvalue weighted by atomic mass is 9.63. The first-order valence-electron chi connectivity index (χ1n) is 19.9. The zero-order valence-electron chi connectivity index (χ0n) is 32.9. The first-order valence-corrected chi connectivity index (χ1v) is 24.9. The van der Waals surface area contributed by atoms with Gasteiger partial charge in [-0.3, -0.25) is 0 Å². The third-order valence-corrected chi connectivity index (χ3v) is 22.0. The maximum atomic E-state index is 11.5. The number of fused-ring (bicyclic) bond motifs is 1. The van der Waals surface area contributed by atoms with Crippen molar-refractivity contribution in [1.82, 2.24) is 0 Å². The highest BCUT2D eigenvalue weighted by Gasteiger charge is 2.51. The molecule has 1 aliphatic heterocycles. The number of ether oxygens (including phenoxy) is 2. The van der Waals surface area contributed by atoms with Crippen LogP contribution in [-0.2, 0) is 13.9 Å². The lowest BCUT2D eigenvalue weighted by molar-refractivity contribution is -0.302. The van der Waals surface area contributed by atoms with E-state index in [0.717, 1.165) is 31.3 Å². The summed E-state index contributed by atoms with van der Waals surface area (Å²) in [5.41, 5.74) is 1.47. The van der Waals surface area contributed by atoms with Crippen LogP contribution in [0.25, 0.3) is 0 Å². The van der Waals surface area contributed by atoms with Gasteiger partial charge in [-0.05, 0) is 84.3 Å². The van der Waals surface area contributed by atoms with Crippen LogP contribution in [0.4, 0.5) is 0 Å². The van der Waals surface area contributed by atoms with Crippen molar-refractivity contribution in [2.75, 3.05) is 6.61 Å². The molecule has 0 spiro atoms. The molecule has 3 aliphatic rings.